The number of quaternary nitrogens is 1. The minimum absolute atomic E-state index is 0.00417. The molecule has 2 saturated heterocycles. The van der Waals surface area contributed by atoms with E-state index in [2.05, 4.69) is 12.2 Å². The van der Waals surface area contributed by atoms with Gasteiger partial charge in [-0.3, -0.25) is 4.79 Å². The van der Waals surface area contributed by atoms with Crippen molar-refractivity contribution in [3.63, 3.8) is 0 Å². The van der Waals surface area contributed by atoms with Gasteiger partial charge in [-0.25, -0.2) is 8.42 Å². The summed E-state index contributed by atoms with van der Waals surface area (Å²) < 4.78 is 27.3. The van der Waals surface area contributed by atoms with Gasteiger partial charge in [0, 0.05) is 26.1 Å². The Morgan fingerprint density at radius 1 is 1.17 bits per heavy atom. The topological polar surface area (TPSA) is 70.9 Å². The highest BCUT2D eigenvalue weighted by Crippen LogP contribution is 2.24. The van der Waals surface area contributed by atoms with Gasteiger partial charge in [0.25, 0.3) is 0 Å². The number of carbonyl (C=O) groups excluding carboxylic acids is 1. The van der Waals surface area contributed by atoms with Crippen LogP contribution >= 0.6 is 0 Å². The van der Waals surface area contributed by atoms with E-state index in [1.54, 1.807) is 17.0 Å². The van der Waals surface area contributed by atoms with Crippen molar-refractivity contribution in [3.8, 4) is 0 Å². The maximum Gasteiger partial charge on any atom is 0.243 e. The number of hydrogen-bond acceptors (Lipinski definition) is 3. The fourth-order valence-electron chi connectivity index (χ4n) is 4.53. The molecule has 1 amide bonds. The van der Waals surface area contributed by atoms with Crippen LogP contribution in [-0.4, -0.2) is 57.4 Å². The summed E-state index contributed by atoms with van der Waals surface area (Å²) in [5, 5.41) is 3.05. The van der Waals surface area contributed by atoms with E-state index in [1.165, 1.54) is 30.1 Å². The maximum atomic E-state index is 12.9. The Balaban J connectivity index is 1.48. The fourth-order valence-corrected chi connectivity index (χ4v) is 6.05. The van der Waals surface area contributed by atoms with Crippen LogP contribution in [0.1, 0.15) is 51.0 Å². The van der Waals surface area contributed by atoms with Gasteiger partial charge in [0.15, 0.2) is 0 Å². The van der Waals surface area contributed by atoms with E-state index >= 15 is 0 Å². The first-order chi connectivity index (χ1) is 13.9. The summed E-state index contributed by atoms with van der Waals surface area (Å²) >= 11 is 0. The molecule has 0 spiro atoms. The number of likely N-dealkylation sites (tertiary alicyclic amines) is 1. The monoisotopic (exact) mass is 422 g/mol. The average molecular weight is 423 g/mol. The van der Waals surface area contributed by atoms with Gasteiger partial charge >= 0.3 is 0 Å². The number of aryl methyl sites for hydroxylation is 1. The number of sulfonamides is 1. The van der Waals surface area contributed by atoms with Gasteiger partial charge in [0.2, 0.25) is 15.9 Å². The highest BCUT2D eigenvalue weighted by atomic mass is 32.2. The summed E-state index contributed by atoms with van der Waals surface area (Å²) in [6.07, 6.45) is 6.39. The summed E-state index contributed by atoms with van der Waals surface area (Å²) in [7, 11) is -3.54. The summed E-state index contributed by atoms with van der Waals surface area (Å²) in [4.78, 5) is 14.6. The lowest BCUT2D eigenvalue weighted by Gasteiger charge is -2.31. The lowest BCUT2D eigenvalue weighted by Crippen LogP contribution is -3.16. The summed E-state index contributed by atoms with van der Waals surface area (Å²) in [5.41, 5.74) is 1.03. The highest BCUT2D eigenvalue weighted by Gasteiger charge is 2.33. The zero-order valence-corrected chi connectivity index (χ0v) is 18.6. The Kier molecular flexibility index (Phi) is 7.71. The SMILES string of the molecule is Cc1ccc(S(=O)(=O)N2CCCC(C(=O)NCCC[NH+]3CCCCC3C)C2)cc1. The van der Waals surface area contributed by atoms with E-state index in [9.17, 15) is 13.2 Å². The molecule has 0 saturated carbocycles. The molecule has 7 heteroatoms. The number of piperidine rings is 2. The van der Waals surface area contributed by atoms with Crippen LogP contribution in [-0.2, 0) is 14.8 Å². The number of hydrogen-bond donors (Lipinski definition) is 2. The molecular weight excluding hydrogens is 386 g/mol. The molecule has 2 fully saturated rings. The van der Waals surface area contributed by atoms with Crippen molar-refractivity contribution in [2.45, 2.75) is 63.3 Å². The van der Waals surface area contributed by atoms with E-state index < -0.39 is 10.0 Å². The van der Waals surface area contributed by atoms with Crippen molar-refractivity contribution in [3.05, 3.63) is 29.8 Å². The van der Waals surface area contributed by atoms with Crippen LogP contribution in [0.3, 0.4) is 0 Å². The molecule has 3 atom stereocenters. The smallest absolute Gasteiger partial charge is 0.243 e. The summed E-state index contributed by atoms with van der Waals surface area (Å²) in [5.74, 6) is -0.263. The lowest BCUT2D eigenvalue weighted by molar-refractivity contribution is -0.928. The second-order valence-electron chi connectivity index (χ2n) is 8.71. The number of rotatable bonds is 7. The van der Waals surface area contributed by atoms with E-state index in [0.717, 1.165) is 37.4 Å². The Labute approximate surface area is 175 Å². The van der Waals surface area contributed by atoms with E-state index in [1.807, 2.05) is 19.1 Å². The molecule has 0 aromatic heterocycles. The summed E-state index contributed by atoms with van der Waals surface area (Å²) in [6.45, 7) is 8.02. The molecule has 6 nitrogen and oxygen atoms in total. The summed E-state index contributed by atoms with van der Waals surface area (Å²) in [6, 6.07) is 7.65. The predicted octanol–water partition coefficient (Wildman–Crippen LogP) is 1.36. The van der Waals surface area contributed by atoms with Crippen LogP contribution in [0.5, 0.6) is 0 Å². The van der Waals surface area contributed by atoms with Gasteiger partial charge in [-0.15, -0.1) is 0 Å². The van der Waals surface area contributed by atoms with Crippen LogP contribution in [0.25, 0.3) is 0 Å². The zero-order chi connectivity index (χ0) is 20.9. The third kappa shape index (κ3) is 5.80. The van der Waals surface area contributed by atoms with Crippen molar-refractivity contribution in [1.82, 2.24) is 9.62 Å². The normalized spacial score (nSPS) is 26.2. The van der Waals surface area contributed by atoms with Crippen molar-refractivity contribution >= 4 is 15.9 Å². The van der Waals surface area contributed by atoms with Gasteiger partial charge < -0.3 is 10.2 Å². The van der Waals surface area contributed by atoms with Gasteiger partial charge in [-0.2, -0.15) is 4.31 Å². The van der Waals surface area contributed by atoms with Crippen LogP contribution in [0.15, 0.2) is 29.2 Å². The molecular formula is C22H36N3O3S+. The van der Waals surface area contributed by atoms with Crippen molar-refractivity contribution in [2.24, 2.45) is 5.92 Å². The molecule has 0 aliphatic carbocycles. The molecule has 2 aliphatic rings. The van der Waals surface area contributed by atoms with Crippen molar-refractivity contribution in [2.75, 3.05) is 32.7 Å². The lowest BCUT2D eigenvalue weighted by atomic mass is 9.99. The number of benzene rings is 1. The molecule has 162 valence electrons. The van der Waals surface area contributed by atoms with E-state index in [-0.39, 0.29) is 18.4 Å². The van der Waals surface area contributed by atoms with Crippen molar-refractivity contribution in [1.29, 1.82) is 0 Å². The minimum atomic E-state index is -3.54. The standard InChI is InChI=1S/C22H35N3O3S/c1-18-9-11-21(12-10-18)29(27,28)25-16-5-8-20(17-25)22(26)23-13-6-15-24-14-4-3-7-19(24)2/h9-12,19-20H,3-8,13-17H2,1-2H3,(H,23,26)/p+1. The van der Waals surface area contributed by atoms with Crippen LogP contribution in [0, 0.1) is 12.8 Å². The predicted molar refractivity (Wildman–Crippen MR) is 114 cm³/mol. The first-order valence-electron chi connectivity index (χ1n) is 11.1. The molecule has 2 N–H and O–H groups in total. The molecule has 0 bridgehead atoms. The second-order valence-corrected chi connectivity index (χ2v) is 10.7. The van der Waals surface area contributed by atoms with Gasteiger partial charge in [0.1, 0.15) is 0 Å². The average Bonchev–Trinajstić information content (AvgIpc) is 2.72. The Morgan fingerprint density at radius 3 is 2.66 bits per heavy atom. The van der Waals surface area contributed by atoms with Crippen LogP contribution < -0.4 is 10.2 Å². The Morgan fingerprint density at radius 2 is 1.93 bits per heavy atom. The molecule has 0 radical (unpaired) electrons. The largest absolute Gasteiger partial charge is 0.356 e. The van der Waals surface area contributed by atoms with Crippen LogP contribution in [0.4, 0.5) is 0 Å². The molecule has 2 heterocycles. The van der Waals surface area contributed by atoms with Crippen molar-refractivity contribution < 1.29 is 18.1 Å². The zero-order valence-electron chi connectivity index (χ0n) is 17.8. The van der Waals surface area contributed by atoms with Gasteiger partial charge in [-0.1, -0.05) is 17.7 Å². The molecule has 3 rings (SSSR count). The minimum Gasteiger partial charge on any atom is -0.356 e. The van der Waals surface area contributed by atoms with E-state index in [0.29, 0.717) is 18.0 Å². The number of nitrogens with zero attached hydrogens (tertiary/aromatic N) is 1. The Hall–Kier alpha value is -1.44. The number of amides is 1. The molecule has 3 unspecified atom stereocenters. The molecule has 1 aromatic rings. The van der Waals surface area contributed by atoms with E-state index in [4.69, 9.17) is 0 Å². The third-order valence-electron chi connectivity index (χ3n) is 6.47. The first kappa shape index (κ1) is 22.2. The molecule has 1 aromatic carbocycles. The molecule has 29 heavy (non-hydrogen) atoms. The van der Waals surface area contributed by atoms with Crippen LogP contribution in [0.2, 0.25) is 0 Å². The quantitative estimate of drug-likeness (QED) is 0.652. The highest BCUT2D eigenvalue weighted by molar-refractivity contribution is 7.89. The fraction of sp³-hybridized carbons (Fsp3) is 0.682. The second kappa shape index (κ2) is 10.0. The van der Waals surface area contributed by atoms with Gasteiger partial charge in [0.05, 0.1) is 29.9 Å². The molecule has 2 aliphatic heterocycles. The number of carbonyl (C=O) groups is 1. The maximum absolute atomic E-state index is 12.9. The van der Waals surface area contributed by atoms with Gasteiger partial charge in [-0.05, 0) is 58.1 Å². The third-order valence-corrected chi connectivity index (χ3v) is 8.35. The Bertz CT molecular complexity index is 779. The number of nitrogens with one attached hydrogen (secondary N) is 2. The first-order valence-corrected chi connectivity index (χ1v) is 12.5.